The Morgan fingerprint density at radius 3 is 2.56 bits per heavy atom. The van der Waals surface area contributed by atoms with Gasteiger partial charge in [-0.1, -0.05) is 24.3 Å². The molecule has 0 saturated carbocycles. The van der Waals surface area contributed by atoms with Gasteiger partial charge in [0, 0.05) is 17.7 Å². The number of amides is 1. The number of hydrogen-bond acceptors (Lipinski definition) is 2. The molecule has 92 valence electrons. The van der Waals surface area contributed by atoms with Crippen LogP contribution in [0.3, 0.4) is 0 Å². The lowest BCUT2D eigenvalue weighted by Crippen LogP contribution is -2.23. The fraction of sp³-hybridized carbons (Fsp3) is 0.286. The van der Waals surface area contributed by atoms with Crippen LogP contribution in [0.25, 0.3) is 0 Å². The average Bonchev–Trinajstić information content (AvgIpc) is 2.95. The van der Waals surface area contributed by atoms with Gasteiger partial charge >= 0.3 is 0 Å². The van der Waals surface area contributed by atoms with Crippen LogP contribution in [0.15, 0.2) is 30.3 Å². The van der Waals surface area contributed by atoms with Crippen LogP contribution in [-0.2, 0) is 17.6 Å². The summed E-state index contributed by atoms with van der Waals surface area (Å²) >= 11 is 0. The van der Waals surface area contributed by atoms with Crippen molar-refractivity contribution in [3.8, 4) is 0 Å². The number of aryl methyl sites for hydroxylation is 1. The summed E-state index contributed by atoms with van der Waals surface area (Å²) in [5, 5.41) is 9.69. The maximum Gasteiger partial charge on any atom is 0.229 e. The quantitative estimate of drug-likeness (QED) is 0.845. The number of aromatic amines is 1. The number of carbonyl (C=O) groups is 1. The van der Waals surface area contributed by atoms with Crippen LogP contribution >= 0.6 is 0 Å². The van der Waals surface area contributed by atoms with Gasteiger partial charge in [-0.2, -0.15) is 5.10 Å². The average molecular weight is 241 g/mol. The van der Waals surface area contributed by atoms with E-state index in [9.17, 15) is 4.79 Å². The highest BCUT2D eigenvalue weighted by atomic mass is 16.2. The Morgan fingerprint density at radius 2 is 2.00 bits per heavy atom. The summed E-state index contributed by atoms with van der Waals surface area (Å²) < 4.78 is 0. The molecule has 1 amide bonds. The molecule has 4 heteroatoms. The van der Waals surface area contributed by atoms with Crippen LogP contribution in [-0.4, -0.2) is 16.1 Å². The van der Waals surface area contributed by atoms with Crippen LogP contribution in [0.2, 0.25) is 0 Å². The SMILES string of the molecule is Cc1cc(NC(=O)C2Cc3ccccc3C2)n[nH]1. The van der Waals surface area contributed by atoms with Gasteiger partial charge in [-0.05, 0) is 30.9 Å². The van der Waals surface area contributed by atoms with Gasteiger partial charge in [-0.15, -0.1) is 0 Å². The van der Waals surface area contributed by atoms with E-state index < -0.39 is 0 Å². The molecule has 0 bridgehead atoms. The van der Waals surface area contributed by atoms with Crippen LogP contribution in [0.1, 0.15) is 16.8 Å². The number of H-pyrrole nitrogens is 1. The first-order chi connectivity index (χ1) is 8.72. The smallest absolute Gasteiger partial charge is 0.229 e. The zero-order chi connectivity index (χ0) is 12.5. The van der Waals surface area contributed by atoms with Gasteiger partial charge < -0.3 is 5.32 Å². The van der Waals surface area contributed by atoms with E-state index >= 15 is 0 Å². The lowest BCUT2D eigenvalue weighted by atomic mass is 10.1. The van der Waals surface area contributed by atoms with Gasteiger partial charge in [0.05, 0.1) is 0 Å². The van der Waals surface area contributed by atoms with Gasteiger partial charge in [-0.3, -0.25) is 9.89 Å². The second-order valence-electron chi connectivity index (χ2n) is 4.80. The number of benzene rings is 1. The number of carbonyl (C=O) groups excluding carboxylic acids is 1. The molecule has 0 aliphatic heterocycles. The molecule has 0 saturated heterocycles. The van der Waals surface area contributed by atoms with Crippen molar-refractivity contribution in [3.05, 3.63) is 47.2 Å². The summed E-state index contributed by atoms with van der Waals surface area (Å²) in [6, 6.07) is 10.1. The number of aromatic nitrogens is 2. The Labute approximate surface area is 105 Å². The Hall–Kier alpha value is -2.10. The van der Waals surface area contributed by atoms with E-state index in [1.807, 2.05) is 25.1 Å². The standard InChI is InChI=1S/C14H15N3O/c1-9-6-13(17-16-9)15-14(18)12-7-10-4-2-3-5-11(10)8-12/h2-6,12H,7-8H2,1H3,(H2,15,16,17,18). The largest absolute Gasteiger partial charge is 0.309 e. The van der Waals surface area contributed by atoms with Crippen LogP contribution in [0.5, 0.6) is 0 Å². The number of fused-ring (bicyclic) bond motifs is 1. The predicted octanol–water partition coefficient (Wildman–Crippen LogP) is 2.07. The Balaban J connectivity index is 1.69. The second kappa shape index (κ2) is 4.29. The molecule has 2 N–H and O–H groups in total. The molecule has 1 heterocycles. The molecule has 0 atom stereocenters. The van der Waals surface area contributed by atoms with Crippen molar-refractivity contribution in [2.24, 2.45) is 5.92 Å². The number of anilines is 1. The molecule has 1 aromatic heterocycles. The van der Waals surface area contributed by atoms with Gasteiger partial charge in [-0.25, -0.2) is 0 Å². The highest BCUT2D eigenvalue weighted by Gasteiger charge is 2.27. The molecule has 0 spiro atoms. The van der Waals surface area contributed by atoms with Gasteiger partial charge in [0.1, 0.15) is 0 Å². The highest BCUT2D eigenvalue weighted by molar-refractivity contribution is 5.92. The normalized spacial score (nSPS) is 14.5. The molecule has 1 aliphatic rings. The molecule has 3 rings (SSSR count). The third-order valence-electron chi connectivity index (χ3n) is 3.38. The van der Waals surface area contributed by atoms with Crippen molar-refractivity contribution < 1.29 is 4.79 Å². The highest BCUT2D eigenvalue weighted by Crippen LogP contribution is 2.27. The third-order valence-corrected chi connectivity index (χ3v) is 3.38. The fourth-order valence-corrected chi connectivity index (χ4v) is 2.45. The van der Waals surface area contributed by atoms with E-state index in [1.54, 1.807) is 0 Å². The zero-order valence-electron chi connectivity index (χ0n) is 10.2. The minimum atomic E-state index is 0.0272. The summed E-state index contributed by atoms with van der Waals surface area (Å²) in [5.74, 6) is 0.686. The van der Waals surface area contributed by atoms with Gasteiger partial charge in [0.25, 0.3) is 0 Å². The Bertz CT molecular complexity index is 563. The molecular weight excluding hydrogens is 226 g/mol. The molecule has 1 aromatic carbocycles. The Morgan fingerprint density at radius 1 is 1.33 bits per heavy atom. The summed E-state index contributed by atoms with van der Waals surface area (Å²) in [6.07, 6.45) is 1.65. The molecule has 0 unspecified atom stereocenters. The summed E-state index contributed by atoms with van der Waals surface area (Å²) in [4.78, 5) is 12.1. The maximum atomic E-state index is 12.1. The summed E-state index contributed by atoms with van der Waals surface area (Å²) in [6.45, 7) is 1.91. The number of rotatable bonds is 2. The van der Waals surface area contributed by atoms with E-state index in [2.05, 4.69) is 27.6 Å². The lowest BCUT2D eigenvalue weighted by molar-refractivity contribution is -0.119. The van der Waals surface area contributed by atoms with Crippen molar-refractivity contribution in [1.82, 2.24) is 10.2 Å². The topological polar surface area (TPSA) is 57.8 Å². The van der Waals surface area contributed by atoms with Gasteiger partial charge in [0.2, 0.25) is 5.91 Å². The summed E-state index contributed by atoms with van der Waals surface area (Å²) in [7, 11) is 0. The van der Waals surface area contributed by atoms with E-state index in [4.69, 9.17) is 0 Å². The third kappa shape index (κ3) is 2.01. The molecule has 18 heavy (non-hydrogen) atoms. The zero-order valence-corrected chi connectivity index (χ0v) is 10.2. The number of hydrogen-bond donors (Lipinski definition) is 2. The van der Waals surface area contributed by atoms with Crippen LogP contribution in [0.4, 0.5) is 5.82 Å². The van der Waals surface area contributed by atoms with Crippen LogP contribution < -0.4 is 5.32 Å². The lowest BCUT2D eigenvalue weighted by Gasteiger charge is -2.07. The van der Waals surface area contributed by atoms with Crippen molar-refractivity contribution in [3.63, 3.8) is 0 Å². The molecule has 1 aliphatic carbocycles. The first-order valence-electron chi connectivity index (χ1n) is 6.12. The minimum Gasteiger partial charge on any atom is -0.309 e. The van der Waals surface area contributed by atoms with Crippen molar-refractivity contribution in [2.45, 2.75) is 19.8 Å². The molecule has 4 nitrogen and oxygen atoms in total. The van der Waals surface area contributed by atoms with Crippen molar-refractivity contribution in [2.75, 3.05) is 5.32 Å². The molecule has 2 aromatic rings. The van der Waals surface area contributed by atoms with E-state index in [-0.39, 0.29) is 11.8 Å². The monoisotopic (exact) mass is 241 g/mol. The van der Waals surface area contributed by atoms with E-state index in [1.165, 1.54) is 11.1 Å². The molecule has 0 fully saturated rings. The first-order valence-corrected chi connectivity index (χ1v) is 6.12. The van der Waals surface area contributed by atoms with Crippen molar-refractivity contribution in [1.29, 1.82) is 0 Å². The van der Waals surface area contributed by atoms with E-state index in [0.717, 1.165) is 18.5 Å². The first kappa shape index (κ1) is 11.0. The molecule has 0 radical (unpaired) electrons. The van der Waals surface area contributed by atoms with Crippen molar-refractivity contribution >= 4 is 11.7 Å². The number of nitrogens with one attached hydrogen (secondary N) is 2. The van der Waals surface area contributed by atoms with Gasteiger partial charge in [0.15, 0.2) is 5.82 Å². The predicted molar refractivity (Wildman–Crippen MR) is 69.3 cm³/mol. The number of nitrogens with zero attached hydrogens (tertiary/aromatic N) is 1. The maximum absolute atomic E-state index is 12.1. The minimum absolute atomic E-state index is 0.0272. The second-order valence-corrected chi connectivity index (χ2v) is 4.80. The van der Waals surface area contributed by atoms with E-state index in [0.29, 0.717) is 5.82 Å². The summed E-state index contributed by atoms with van der Waals surface area (Å²) in [5.41, 5.74) is 3.52. The molecular formula is C14H15N3O. The Kier molecular flexibility index (Phi) is 2.63. The fourth-order valence-electron chi connectivity index (χ4n) is 2.45. The van der Waals surface area contributed by atoms with Crippen LogP contribution in [0, 0.1) is 12.8 Å².